The zero-order valence-corrected chi connectivity index (χ0v) is 22.9. The molecule has 2 heterocycles. The third-order valence-corrected chi connectivity index (χ3v) is 10.2. The van der Waals surface area contributed by atoms with Gasteiger partial charge in [-0.2, -0.15) is 4.31 Å². The van der Waals surface area contributed by atoms with E-state index in [1.54, 1.807) is 0 Å². The normalized spacial score (nSPS) is 18.3. The number of piperidine rings is 1. The molecule has 1 amide bonds. The number of anilines is 3. The number of rotatable bonds is 8. The third-order valence-electron chi connectivity index (χ3n) is 7.83. The highest BCUT2D eigenvalue weighted by atomic mass is 35.5. The minimum atomic E-state index is -4.23. The van der Waals surface area contributed by atoms with Crippen molar-refractivity contribution in [3.63, 3.8) is 0 Å². The standard InChI is InChI=1S/C27H29ClN4O6S/c1-2-18(16-6-4-3-5-7-16)30-20-21(24(35)23(20)34)31-19-9-8-17(28)25(22(19)33)39(37,38)32-14-11-27(12-15-32)10-13-29-26(27)36/h3-9,18,30-31,33H,2,10-15H2,1H3,(H,29,36). The quantitative estimate of drug-likeness (QED) is 0.238. The molecule has 3 aromatic rings. The van der Waals surface area contributed by atoms with Gasteiger partial charge in [-0.1, -0.05) is 48.9 Å². The molecule has 2 aliphatic heterocycles. The summed E-state index contributed by atoms with van der Waals surface area (Å²) in [4.78, 5) is 36.7. The number of nitrogens with zero attached hydrogens (tertiary/aromatic N) is 1. The highest BCUT2D eigenvalue weighted by Gasteiger charge is 2.47. The minimum Gasteiger partial charge on any atom is -0.504 e. The predicted octanol–water partition coefficient (Wildman–Crippen LogP) is 3.24. The van der Waals surface area contributed by atoms with Gasteiger partial charge in [-0.05, 0) is 43.4 Å². The second-order valence-corrected chi connectivity index (χ2v) is 12.3. The number of amides is 1. The summed E-state index contributed by atoms with van der Waals surface area (Å²) in [5, 5.41) is 19.5. The number of hydrogen-bond acceptors (Lipinski definition) is 8. The van der Waals surface area contributed by atoms with Crippen LogP contribution in [-0.2, 0) is 14.8 Å². The lowest BCUT2D eigenvalue weighted by molar-refractivity contribution is -0.129. The van der Waals surface area contributed by atoms with Crippen molar-refractivity contribution in [3.8, 4) is 5.75 Å². The van der Waals surface area contributed by atoms with Crippen LogP contribution in [0.2, 0.25) is 5.02 Å². The van der Waals surface area contributed by atoms with E-state index in [2.05, 4.69) is 16.0 Å². The Hall–Kier alpha value is -3.41. The smallest absolute Gasteiger partial charge is 0.253 e. The first kappa shape index (κ1) is 27.2. The van der Waals surface area contributed by atoms with Gasteiger partial charge in [0, 0.05) is 19.6 Å². The molecule has 0 saturated carbocycles. The summed E-state index contributed by atoms with van der Waals surface area (Å²) in [6.45, 7) is 2.72. The van der Waals surface area contributed by atoms with Crippen LogP contribution in [0.25, 0.3) is 0 Å². The van der Waals surface area contributed by atoms with Gasteiger partial charge in [-0.25, -0.2) is 8.42 Å². The van der Waals surface area contributed by atoms with Crippen molar-refractivity contribution in [3.05, 3.63) is 73.5 Å². The minimum absolute atomic E-state index is 0.0541. The molecule has 2 aliphatic rings. The zero-order chi connectivity index (χ0) is 27.9. The average molecular weight is 573 g/mol. The SMILES string of the molecule is CCC(Nc1c(Nc2ccc(Cl)c(S(=O)(=O)N3CCC4(CCNC4=O)CC3)c2O)c(=O)c1=O)c1ccccc1. The van der Waals surface area contributed by atoms with Gasteiger partial charge < -0.3 is 21.1 Å². The average Bonchev–Trinajstić information content (AvgIpc) is 3.28. The third kappa shape index (κ3) is 4.68. The Balaban J connectivity index is 1.41. The van der Waals surface area contributed by atoms with E-state index in [4.69, 9.17) is 11.6 Å². The van der Waals surface area contributed by atoms with Gasteiger partial charge in [0.15, 0.2) is 5.75 Å². The summed E-state index contributed by atoms with van der Waals surface area (Å²) in [6.07, 6.45) is 2.03. The van der Waals surface area contributed by atoms with Crippen LogP contribution in [-0.4, -0.2) is 43.4 Å². The van der Waals surface area contributed by atoms with Crippen LogP contribution in [0.4, 0.5) is 17.1 Å². The molecule has 12 heteroatoms. The Morgan fingerprint density at radius 1 is 1.03 bits per heavy atom. The molecule has 10 nitrogen and oxygen atoms in total. The van der Waals surface area contributed by atoms with Crippen LogP contribution in [0.1, 0.15) is 44.2 Å². The number of phenolic OH excluding ortho intramolecular Hbond substituents is 1. The van der Waals surface area contributed by atoms with Gasteiger partial charge in [0.2, 0.25) is 15.9 Å². The van der Waals surface area contributed by atoms with Gasteiger partial charge in [0.1, 0.15) is 16.3 Å². The molecule has 1 spiro atoms. The highest BCUT2D eigenvalue weighted by Crippen LogP contribution is 2.43. The Labute approximate surface area is 230 Å². The lowest BCUT2D eigenvalue weighted by atomic mass is 9.78. The molecule has 5 rings (SSSR count). The van der Waals surface area contributed by atoms with E-state index in [0.717, 1.165) is 5.56 Å². The molecule has 0 aromatic heterocycles. The number of aromatic hydroxyl groups is 1. The molecule has 206 valence electrons. The first-order valence-electron chi connectivity index (χ1n) is 12.8. The highest BCUT2D eigenvalue weighted by molar-refractivity contribution is 7.89. The number of phenols is 1. The number of carbonyl (C=O) groups is 1. The van der Waals surface area contributed by atoms with Crippen molar-refractivity contribution in [1.82, 2.24) is 9.62 Å². The van der Waals surface area contributed by atoms with Crippen molar-refractivity contribution in [2.24, 2.45) is 5.41 Å². The van der Waals surface area contributed by atoms with Crippen LogP contribution in [0.5, 0.6) is 5.75 Å². The van der Waals surface area contributed by atoms with E-state index in [-0.39, 0.29) is 47.1 Å². The van der Waals surface area contributed by atoms with Crippen LogP contribution in [0.15, 0.2) is 56.9 Å². The van der Waals surface area contributed by atoms with Crippen molar-refractivity contribution >= 4 is 44.6 Å². The molecule has 1 atom stereocenters. The van der Waals surface area contributed by atoms with Crippen molar-refractivity contribution < 1.29 is 18.3 Å². The second-order valence-electron chi connectivity index (χ2n) is 10.0. The van der Waals surface area contributed by atoms with Crippen molar-refractivity contribution in [2.45, 2.75) is 43.5 Å². The summed E-state index contributed by atoms with van der Waals surface area (Å²) in [6, 6.07) is 11.9. The summed E-state index contributed by atoms with van der Waals surface area (Å²) in [7, 11) is -4.23. The van der Waals surface area contributed by atoms with Gasteiger partial charge in [0.05, 0.1) is 22.2 Å². The maximum atomic E-state index is 13.6. The van der Waals surface area contributed by atoms with E-state index in [0.29, 0.717) is 32.2 Å². The molecule has 2 saturated heterocycles. The number of hydrogen-bond donors (Lipinski definition) is 4. The molecule has 0 radical (unpaired) electrons. The predicted molar refractivity (Wildman–Crippen MR) is 149 cm³/mol. The fourth-order valence-corrected chi connectivity index (χ4v) is 7.47. The monoisotopic (exact) mass is 572 g/mol. The molecule has 39 heavy (non-hydrogen) atoms. The lowest BCUT2D eigenvalue weighted by Crippen LogP contribution is -2.46. The van der Waals surface area contributed by atoms with Crippen LogP contribution in [0, 0.1) is 5.41 Å². The van der Waals surface area contributed by atoms with Crippen LogP contribution < -0.4 is 26.8 Å². The number of carbonyl (C=O) groups excluding carboxylic acids is 1. The van der Waals surface area contributed by atoms with Crippen molar-refractivity contribution in [2.75, 3.05) is 30.3 Å². The Bertz CT molecular complexity index is 1590. The maximum absolute atomic E-state index is 13.6. The summed E-state index contributed by atoms with van der Waals surface area (Å²) >= 11 is 6.27. The Morgan fingerprint density at radius 2 is 1.69 bits per heavy atom. The van der Waals surface area contributed by atoms with E-state index in [1.165, 1.54) is 16.4 Å². The van der Waals surface area contributed by atoms with Gasteiger partial charge in [-0.15, -0.1) is 0 Å². The first-order valence-corrected chi connectivity index (χ1v) is 14.6. The number of benzene rings is 2. The topological polar surface area (TPSA) is 145 Å². The van der Waals surface area contributed by atoms with Gasteiger partial charge >= 0.3 is 0 Å². The molecule has 3 aromatic carbocycles. The molecule has 4 N–H and O–H groups in total. The number of sulfonamides is 1. The lowest BCUT2D eigenvalue weighted by Gasteiger charge is -2.36. The maximum Gasteiger partial charge on any atom is 0.253 e. The fourth-order valence-electron chi connectivity index (χ4n) is 5.43. The van der Waals surface area contributed by atoms with Crippen LogP contribution >= 0.6 is 11.6 Å². The Kier molecular flexibility index (Phi) is 7.17. The number of nitrogens with one attached hydrogen (secondary N) is 3. The Morgan fingerprint density at radius 3 is 2.31 bits per heavy atom. The molecule has 0 aliphatic carbocycles. The summed E-state index contributed by atoms with van der Waals surface area (Å²) in [5.74, 6) is -0.711. The summed E-state index contributed by atoms with van der Waals surface area (Å²) < 4.78 is 28.3. The molecule has 1 unspecified atom stereocenters. The molecular formula is C27H29ClN4O6S. The number of halogens is 1. The zero-order valence-electron chi connectivity index (χ0n) is 21.3. The van der Waals surface area contributed by atoms with E-state index in [9.17, 15) is 27.9 Å². The van der Waals surface area contributed by atoms with Crippen molar-refractivity contribution in [1.29, 1.82) is 0 Å². The molecule has 0 bridgehead atoms. The first-order chi connectivity index (χ1) is 18.6. The van der Waals surface area contributed by atoms with E-state index >= 15 is 0 Å². The second kappa shape index (κ2) is 10.3. The largest absolute Gasteiger partial charge is 0.504 e. The van der Waals surface area contributed by atoms with Crippen LogP contribution in [0.3, 0.4) is 0 Å². The van der Waals surface area contributed by atoms with Gasteiger partial charge in [-0.3, -0.25) is 14.4 Å². The summed E-state index contributed by atoms with van der Waals surface area (Å²) in [5.41, 5.74) is -1.20. The fraction of sp³-hybridized carbons (Fsp3) is 0.370. The van der Waals surface area contributed by atoms with E-state index in [1.807, 2.05) is 37.3 Å². The molecule has 2 fully saturated rings. The van der Waals surface area contributed by atoms with Gasteiger partial charge in [0.25, 0.3) is 10.9 Å². The van der Waals surface area contributed by atoms with E-state index < -0.39 is 36.9 Å². The molecular weight excluding hydrogens is 544 g/mol.